The highest BCUT2D eigenvalue weighted by Gasteiger charge is 2.25. The number of carbonyl (C=O) groups is 2. The van der Waals surface area contributed by atoms with E-state index in [1.165, 1.54) is 0 Å². The first-order valence-electron chi connectivity index (χ1n) is 6.34. The van der Waals surface area contributed by atoms with Crippen LogP contribution in [0.1, 0.15) is 12.0 Å². The quantitative estimate of drug-likeness (QED) is 0.764. The van der Waals surface area contributed by atoms with Crippen molar-refractivity contribution in [1.82, 2.24) is 4.90 Å². The molecule has 0 saturated carbocycles. The summed E-state index contributed by atoms with van der Waals surface area (Å²) >= 11 is 0. The highest BCUT2D eigenvalue weighted by Crippen LogP contribution is 2.29. The van der Waals surface area contributed by atoms with Gasteiger partial charge >= 0.3 is 0 Å². The molecule has 0 spiro atoms. The lowest BCUT2D eigenvalue weighted by Crippen LogP contribution is -2.35. The average Bonchev–Trinajstić information content (AvgIpc) is 2.48. The Morgan fingerprint density at radius 1 is 1.40 bits per heavy atom. The van der Waals surface area contributed by atoms with Gasteiger partial charge in [0.2, 0.25) is 0 Å². The van der Waals surface area contributed by atoms with Crippen molar-refractivity contribution < 1.29 is 19.1 Å². The fraction of sp³-hybridized carbons (Fsp3) is 0.333. The second kappa shape index (κ2) is 6.23. The third-order valence-corrected chi connectivity index (χ3v) is 3.38. The second-order valence-electron chi connectivity index (χ2n) is 4.57. The number of carbonyl (C=O) groups excluding carboxylic acids is 2. The van der Waals surface area contributed by atoms with Crippen LogP contribution in [0, 0.1) is 0 Å². The third kappa shape index (κ3) is 2.82. The maximum atomic E-state index is 12.2. The number of rotatable bonds is 5. The summed E-state index contributed by atoms with van der Waals surface area (Å²) in [6, 6.07) is 7.54. The van der Waals surface area contributed by atoms with Crippen LogP contribution in [-0.4, -0.2) is 44.6 Å². The first-order chi connectivity index (χ1) is 9.67. The molecule has 0 atom stereocenters. The average molecular weight is 275 g/mol. The molecule has 0 aromatic heterocycles. The third-order valence-electron chi connectivity index (χ3n) is 3.38. The number of hydrogen-bond donors (Lipinski definition) is 0. The highest BCUT2D eigenvalue weighted by atomic mass is 16.5. The maximum Gasteiger partial charge on any atom is 0.293 e. The van der Waals surface area contributed by atoms with Crippen LogP contribution in [0.4, 0.5) is 0 Å². The van der Waals surface area contributed by atoms with Gasteiger partial charge < -0.3 is 14.4 Å². The second-order valence-corrected chi connectivity index (χ2v) is 4.57. The van der Waals surface area contributed by atoms with Crippen molar-refractivity contribution in [2.45, 2.75) is 6.42 Å². The molecule has 1 aromatic rings. The van der Waals surface area contributed by atoms with Crippen molar-refractivity contribution in [3.8, 4) is 5.75 Å². The molecule has 0 aliphatic carbocycles. The molecule has 1 amide bonds. The number of nitrogens with zero attached hydrogens (tertiary/aromatic N) is 1. The van der Waals surface area contributed by atoms with Crippen molar-refractivity contribution in [2.75, 3.05) is 27.3 Å². The number of amides is 1. The SMILES string of the molecule is COc1cccc(C2=C(COC=O)C(=O)N(C)CC2)c1. The number of methoxy groups -OCH3 is 1. The van der Waals surface area contributed by atoms with Crippen molar-refractivity contribution in [3.05, 3.63) is 35.4 Å². The molecule has 0 unspecified atom stereocenters. The Labute approximate surface area is 117 Å². The monoisotopic (exact) mass is 275 g/mol. The van der Waals surface area contributed by atoms with Gasteiger partial charge in [-0.25, -0.2) is 0 Å². The van der Waals surface area contributed by atoms with Gasteiger partial charge in [0, 0.05) is 13.6 Å². The predicted octanol–water partition coefficient (Wildman–Crippen LogP) is 1.48. The zero-order valence-electron chi connectivity index (χ0n) is 11.6. The van der Waals surface area contributed by atoms with E-state index in [0.29, 0.717) is 18.6 Å². The Morgan fingerprint density at radius 2 is 2.20 bits per heavy atom. The van der Waals surface area contributed by atoms with E-state index in [1.807, 2.05) is 24.3 Å². The normalized spacial score (nSPS) is 15.3. The smallest absolute Gasteiger partial charge is 0.293 e. The van der Waals surface area contributed by atoms with Crippen LogP contribution in [-0.2, 0) is 14.3 Å². The van der Waals surface area contributed by atoms with Crippen molar-refractivity contribution in [2.24, 2.45) is 0 Å². The molecule has 1 aliphatic rings. The Bertz CT molecular complexity index is 551. The zero-order chi connectivity index (χ0) is 14.5. The van der Waals surface area contributed by atoms with Crippen molar-refractivity contribution in [3.63, 3.8) is 0 Å². The maximum absolute atomic E-state index is 12.2. The fourth-order valence-corrected chi connectivity index (χ4v) is 2.29. The summed E-state index contributed by atoms with van der Waals surface area (Å²) < 4.78 is 9.99. The van der Waals surface area contributed by atoms with E-state index < -0.39 is 0 Å². The largest absolute Gasteiger partial charge is 0.497 e. The van der Waals surface area contributed by atoms with Crippen LogP contribution in [0.15, 0.2) is 29.8 Å². The molecule has 0 N–H and O–H groups in total. The number of ether oxygens (including phenoxy) is 2. The van der Waals surface area contributed by atoms with Crippen LogP contribution in [0.3, 0.4) is 0 Å². The van der Waals surface area contributed by atoms with E-state index in [4.69, 9.17) is 9.47 Å². The van der Waals surface area contributed by atoms with Crippen LogP contribution in [0.25, 0.3) is 5.57 Å². The van der Waals surface area contributed by atoms with E-state index in [1.54, 1.807) is 19.1 Å². The van der Waals surface area contributed by atoms with E-state index >= 15 is 0 Å². The van der Waals surface area contributed by atoms with E-state index in [0.717, 1.165) is 23.3 Å². The standard InChI is InChI=1S/C15H17NO4/c1-16-7-6-13(14(15(16)18)9-20-10-17)11-4-3-5-12(8-11)19-2/h3-5,8,10H,6-7,9H2,1-2H3. The molecule has 1 aliphatic heterocycles. The summed E-state index contributed by atoms with van der Waals surface area (Å²) in [6.07, 6.45) is 0.729. The lowest BCUT2D eigenvalue weighted by atomic mass is 9.93. The summed E-state index contributed by atoms with van der Waals surface area (Å²) in [5, 5.41) is 0. The van der Waals surface area contributed by atoms with Gasteiger partial charge in [-0.15, -0.1) is 0 Å². The highest BCUT2D eigenvalue weighted by molar-refractivity contribution is 6.03. The summed E-state index contributed by atoms with van der Waals surface area (Å²) in [5.74, 6) is 0.632. The number of likely N-dealkylation sites (N-methyl/N-ethyl adjacent to an activating group) is 1. The minimum absolute atomic E-state index is 0.000777. The number of hydrogen-bond acceptors (Lipinski definition) is 4. The molecule has 1 heterocycles. The van der Waals surface area contributed by atoms with Gasteiger partial charge in [-0.05, 0) is 29.7 Å². The molecule has 0 bridgehead atoms. The molecule has 5 nitrogen and oxygen atoms in total. The first-order valence-corrected chi connectivity index (χ1v) is 6.34. The molecule has 0 saturated heterocycles. The predicted molar refractivity (Wildman–Crippen MR) is 74.2 cm³/mol. The summed E-state index contributed by atoms with van der Waals surface area (Å²) in [7, 11) is 3.34. The molecular formula is C15H17NO4. The van der Waals surface area contributed by atoms with Crippen molar-refractivity contribution in [1.29, 1.82) is 0 Å². The lowest BCUT2D eigenvalue weighted by molar-refractivity contribution is -0.130. The Balaban J connectivity index is 2.43. The molecule has 106 valence electrons. The zero-order valence-corrected chi connectivity index (χ0v) is 11.6. The van der Waals surface area contributed by atoms with Crippen LogP contribution in [0.2, 0.25) is 0 Å². The summed E-state index contributed by atoms with van der Waals surface area (Å²) in [5.41, 5.74) is 2.36. The van der Waals surface area contributed by atoms with Crippen LogP contribution in [0.5, 0.6) is 5.75 Å². The summed E-state index contributed by atoms with van der Waals surface area (Å²) in [4.78, 5) is 24.2. The molecule has 0 fully saturated rings. The van der Waals surface area contributed by atoms with Crippen LogP contribution < -0.4 is 4.74 Å². The van der Waals surface area contributed by atoms with E-state index in [9.17, 15) is 9.59 Å². The Morgan fingerprint density at radius 3 is 2.90 bits per heavy atom. The summed E-state index contributed by atoms with van der Waals surface area (Å²) in [6.45, 7) is 1.01. The molecule has 2 rings (SSSR count). The Kier molecular flexibility index (Phi) is 4.40. The topological polar surface area (TPSA) is 55.8 Å². The van der Waals surface area contributed by atoms with Crippen molar-refractivity contribution >= 4 is 18.0 Å². The molecule has 20 heavy (non-hydrogen) atoms. The van der Waals surface area contributed by atoms with Gasteiger partial charge in [-0.1, -0.05) is 12.1 Å². The Hall–Kier alpha value is -2.30. The van der Waals surface area contributed by atoms with Gasteiger partial charge in [-0.3, -0.25) is 9.59 Å². The van der Waals surface area contributed by atoms with E-state index in [-0.39, 0.29) is 12.5 Å². The minimum atomic E-state index is -0.101. The molecule has 5 heteroatoms. The first kappa shape index (κ1) is 14.1. The fourth-order valence-electron chi connectivity index (χ4n) is 2.29. The lowest BCUT2D eigenvalue weighted by Gasteiger charge is -2.27. The van der Waals surface area contributed by atoms with Gasteiger partial charge in [0.25, 0.3) is 12.4 Å². The van der Waals surface area contributed by atoms with Gasteiger partial charge in [0.15, 0.2) is 0 Å². The molecule has 1 aromatic carbocycles. The van der Waals surface area contributed by atoms with Gasteiger partial charge in [-0.2, -0.15) is 0 Å². The minimum Gasteiger partial charge on any atom is -0.497 e. The van der Waals surface area contributed by atoms with Gasteiger partial charge in [0.05, 0.1) is 12.7 Å². The van der Waals surface area contributed by atoms with Gasteiger partial charge in [0.1, 0.15) is 12.4 Å². The van der Waals surface area contributed by atoms with Crippen LogP contribution >= 0.6 is 0 Å². The van der Waals surface area contributed by atoms with E-state index in [2.05, 4.69) is 0 Å². The molecular weight excluding hydrogens is 258 g/mol. The number of benzene rings is 1. The molecule has 0 radical (unpaired) electrons.